The lowest BCUT2D eigenvalue weighted by Gasteiger charge is -2.60. The van der Waals surface area contributed by atoms with E-state index < -0.39 is 22.2 Å². The fourth-order valence-electron chi connectivity index (χ4n) is 10.0. The van der Waals surface area contributed by atoms with E-state index in [9.17, 15) is 14.7 Å². The van der Waals surface area contributed by atoms with Crippen LogP contribution in [-0.4, -0.2) is 34.0 Å². The number of halogens is 1. The molecule has 6 unspecified atom stereocenters. The van der Waals surface area contributed by atoms with Crippen LogP contribution in [-0.2, 0) is 14.3 Å². The number of carbonyl (C=O) groups is 2. The van der Waals surface area contributed by atoms with Crippen molar-refractivity contribution in [2.24, 2.45) is 57.7 Å². The summed E-state index contributed by atoms with van der Waals surface area (Å²) in [7, 11) is 0. The summed E-state index contributed by atoms with van der Waals surface area (Å²) in [6.45, 7) is 11.1. The molecule has 4 nitrogen and oxygen atoms in total. The number of carbonyl (C=O) groups excluding carboxylic acids is 1. The normalized spacial score (nSPS) is 49.1. The van der Waals surface area contributed by atoms with Gasteiger partial charge in [-0.2, -0.15) is 0 Å². The fraction of sp³-hybridized carbons (Fsp3) is 0.862. The van der Waals surface area contributed by atoms with Crippen LogP contribution < -0.4 is 0 Å². The smallest absolute Gasteiger partial charge is 0.315 e. The number of ether oxygens (including phenoxy) is 1. The van der Waals surface area contributed by atoms with Crippen LogP contribution in [0.1, 0.15) is 79.6 Å². The number of carboxylic acid groups (broad SMARTS) is 1. The van der Waals surface area contributed by atoms with Gasteiger partial charge in [0, 0.05) is 9.84 Å². The minimum atomic E-state index is -1.11. The number of rotatable bonds is 8. The molecule has 0 amide bonds. The molecule has 34 heavy (non-hydrogen) atoms. The zero-order chi connectivity index (χ0) is 24.6. The van der Waals surface area contributed by atoms with Crippen LogP contribution in [0.5, 0.6) is 0 Å². The van der Waals surface area contributed by atoms with E-state index in [1.165, 1.54) is 6.42 Å². The number of allylic oxidation sites excluding steroid dienone is 1. The van der Waals surface area contributed by atoms with E-state index in [2.05, 4.69) is 63.3 Å². The van der Waals surface area contributed by atoms with E-state index in [1.807, 2.05) is 0 Å². The lowest BCUT2D eigenvalue weighted by molar-refractivity contribution is -0.196. The van der Waals surface area contributed by atoms with Gasteiger partial charge in [-0.25, -0.2) is 0 Å². The third kappa shape index (κ3) is 2.92. The minimum absolute atomic E-state index is 0.0754. The summed E-state index contributed by atoms with van der Waals surface area (Å²) >= 11 is 2.46. The van der Waals surface area contributed by atoms with Crippen LogP contribution in [0.4, 0.5) is 0 Å². The molecule has 4 aliphatic carbocycles. The maximum Gasteiger partial charge on any atom is 0.315 e. The highest BCUT2D eigenvalue weighted by atomic mass is 127. The monoisotopic (exact) mass is 582 g/mol. The molecule has 3 saturated carbocycles. The highest BCUT2D eigenvalue weighted by molar-refractivity contribution is 14.1. The summed E-state index contributed by atoms with van der Waals surface area (Å²) in [5.74, 6) is 1.81. The first kappa shape index (κ1) is 25.2. The minimum Gasteiger partial charge on any atom is -0.481 e. The Kier molecular flexibility index (Phi) is 6.35. The van der Waals surface area contributed by atoms with Crippen molar-refractivity contribution in [2.75, 3.05) is 4.43 Å². The Labute approximate surface area is 219 Å². The van der Waals surface area contributed by atoms with Crippen molar-refractivity contribution in [3.05, 3.63) is 11.6 Å². The molecule has 0 radical (unpaired) electrons. The average Bonchev–Trinajstić information content (AvgIpc) is 3.49. The summed E-state index contributed by atoms with van der Waals surface area (Å²) in [6.07, 6.45) is 10.6. The first-order valence-electron chi connectivity index (χ1n) is 13.7. The van der Waals surface area contributed by atoms with Gasteiger partial charge in [-0.1, -0.05) is 81.7 Å². The van der Waals surface area contributed by atoms with E-state index in [-0.39, 0.29) is 30.0 Å². The first-order chi connectivity index (χ1) is 16.1. The topological polar surface area (TPSA) is 63.6 Å². The molecule has 1 aliphatic heterocycles. The highest BCUT2D eigenvalue weighted by Gasteiger charge is 2.86. The van der Waals surface area contributed by atoms with Crippen LogP contribution in [0, 0.1) is 57.7 Å². The van der Waals surface area contributed by atoms with Crippen molar-refractivity contribution in [2.45, 2.75) is 91.8 Å². The van der Waals surface area contributed by atoms with E-state index >= 15 is 0 Å². The third-order valence-electron chi connectivity index (χ3n) is 11.2. The number of hydrogen-bond acceptors (Lipinski definition) is 3. The Morgan fingerprint density at radius 1 is 1.26 bits per heavy atom. The zero-order valence-corrected chi connectivity index (χ0v) is 23.7. The number of aldehydes is 1. The first-order valence-corrected chi connectivity index (χ1v) is 15.3. The van der Waals surface area contributed by atoms with Gasteiger partial charge in [0.15, 0.2) is 0 Å². The van der Waals surface area contributed by atoms with Crippen molar-refractivity contribution >= 4 is 34.8 Å². The van der Waals surface area contributed by atoms with Crippen molar-refractivity contribution in [1.29, 1.82) is 0 Å². The Hall–Kier alpha value is -0.430. The van der Waals surface area contributed by atoms with Crippen molar-refractivity contribution in [1.82, 2.24) is 0 Å². The van der Waals surface area contributed by atoms with Crippen molar-refractivity contribution < 1.29 is 19.4 Å². The second kappa shape index (κ2) is 8.56. The second-order valence-corrected chi connectivity index (χ2v) is 14.0. The van der Waals surface area contributed by atoms with Gasteiger partial charge in [0.1, 0.15) is 11.7 Å². The lowest BCUT2D eigenvalue weighted by Crippen LogP contribution is -2.65. The summed E-state index contributed by atoms with van der Waals surface area (Å²) in [5.41, 5.74) is -1.36. The van der Waals surface area contributed by atoms with Gasteiger partial charge in [-0.3, -0.25) is 4.79 Å². The number of aliphatic carboxylic acids is 1. The molecule has 0 aromatic rings. The molecule has 4 fully saturated rings. The van der Waals surface area contributed by atoms with Crippen molar-refractivity contribution in [3.63, 3.8) is 0 Å². The molecular weight excluding hydrogens is 539 g/mol. The van der Waals surface area contributed by atoms with Crippen LogP contribution in [0.2, 0.25) is 0 Å². The van der Waals surface area contributed by atoms with E-state index in [4.69, 9.17) is 4.74 Å². The molecule has 190 valence electrons. The van der Waals surface area contributed by atoms with Gasteiger partial charge in [0.05, 0.1) is 17.6 Å². The van der Waals surface area contributed by atoms with E-state index in [0.717, 1.165) is 48.4 Å². The Balaban J connectivity index is 1.66. The van der Waals surface area contributed by atoms with Crippen LogP contribution >= 0.6 is 22.6 Å². The molecule has 0 spiro atoms. The van der Waals surface area contributed by atoms with Gasteiger partial charge < -0.3 is 14.6 Å². The summed E-state index contributed by atoms with van der Waals surface area (Å²) in [6, 6.07) is 0. The SMILES string of the molecule is CC(C)CCC1CC(C23C[C@@H]4[C@H](C)CC[C@H]4C4(C=O)CC2C=C(C(C)C)[C@@]34C(=O)O)OC1CI. The van der Waals surface area contributed by atoms with Crippen LogP contribution in [0.15, 0.2) is 11.6 Å². The van der Waals surface area contributed by atoms with Gasteiger partial charge in [-0.15, -0.1) is 0 Å². The molecule has 4 bridgehead atoms. The molecular formula is C29H43IO4. The number of carboxylic acids is 1. The highest BCUT2D eigenvalue weighted by Crippen LogP contribution is 2.84. The van der Waals surface area contributed by atoms with Crippen molar-refractivity contribution in [3.8, 4) is 0 Å². The maximum atomic E-state index is 13.7. The quantitative estimate of drug-likeness (QED) is 0.153. The summed E-state index contributed by atoms with van der Waals surface area (Å²) in [4.78, 5) is 26.9. The Morgan fingerprint density at radius 3 is 2.59 bits per heavy atom. The Bertz CT molecular complexity index is 881. The summed E-state index contributed by atoms with van der Waals surface area (Å²) < 4.78 is 7.90. The molecule has 1 N–H and O–H groups in total. The fourth-order valence-corrected chi connectivity index (χ4v) is 10.9. The lowest BCUT2D eigenvalue weighted by atomic mass is 9.41. The predicted molar refractivity (Wildman–Crippen MR) is 142 cm³/mol. The average molecular weight is 583 g/mol. The second-order valence-electron chi connectivity index (χ2n) is 13.2. The molecule has 1 saturated heterocycles. The van der Waals surface area contributed by atoms with E-state index in [0.29, 0.717) is 30.1 Å². The number of fused-ring (bicyclic) bond motifs is 2. The van der Waals surface area contributed by atoms with Gasteiger partial charge in [-0.05, 0) is 73.5 Å². The predicted octanol–water partition coefficient (Wildman–Crippen LogP) is 6.56. The molecule has 10 atom stereocenters. The zero-order valence-electron chi connectivity index (χ0n) is 21.6. The molecule has 0 aromatic heterocycles. The standard InChI is InChI=1S/C29H43IO4/c1-16(2)6-8-19-10-25(34-24(19)14-30)28-13-21-18(5)7-9-22(21)27(15-31)12-20(28)11-23(17(3)4)29(27,28)26(32)33/h11,15-22,24-25H,6-10,12-14H2,1-5H3,(H,32,33)/t18-,19?,20?,21-,22-,24?,25?,27?,28?,29+/m1/s1. The molecule has 5 heteroatoms. The van der Waals surface area contributed by atoms with Gasteiger partial charge in [0.2, 0.25) is 0 Å². The van der Waals surface area contributed by atoms with E-state index in [1.54, 1.807) is 0 Å². The van der Waals surface area contributed by atoms with Gasteiger partial charge >= 0.3 is 5.97 Å². The molecule has 5 aliphatic rings. The molecule has 0 aromatic carbocycles. The van der Waals surface area contributed by atoms with Crippen LogP contribution in [0.3, 0.4) is 0 Å². The Morgan fingerprint density at radius 2 is 2.00 bits per heavy atom. The third-order valence-corrected chi connectivity index (χ3v) is 12.1. The molecule has 5 rings (SSSR count). The maximum absolute atomic E-state index is 13.7. The molecule has 1 heterocycles. The summed E-state index contributed by atoms with van der Waals surface area (Å²) in [5, 5.41) is 11.2. The van der Waals surface area contributed by atoms with Gasteiger partial charge in [0.25, 0.3) is 0 Å². The largest absolute Gasteiger partial charge is 0.481 e. The number of hydrogen-bond donors (Lipinski definition) is 1. The number of alkyl halides is 1. The van der Waals surface area contributed by atoms with Crippen LogP contribution in [0.25, 0.3) is 0 Å².